The summed E-state index contributed by atoms with van der Waals surface area (Å²) in [5.74, 6) is -0.325. The van der Waals surface area contributed by atoms with Crippen LogP contribution in [0.5, 0.6) is 0 Å². The highest BCUT2D eigenvalue weighted by atomic mass is 19.1. The molecule has 0 radical (unpaired) electrons. The average Bonchev–Trinajstić information content (AvgIpc) is 2.74. The number of benzene rings is 1. The van der Waals surface area contributed by atoms with Crippen LogP contribution < -0.4 is 5.56 Å². The van der Waals surface area contributed by atoms with Crippen molar-refractivity contribution in [3.63, 3.8) is 0 Å². The van der Waals surface area contributed by atoms with E-state index in [0.29, 0.717) is 16.8 Å². The molecule has 3 rings (SSSR count). The summed E-state index contributed by atoms with van der Waals surface area (Å²) in [6.45, 7) is 0. The minimum atomic E-state index is -0.325. The maximum atomic E-state index is 13.1. The van der Waals surface area contributed by atoms with E-state index in [4.69, 9.17) is 0 Å². The molecule has 0 saturated carbocycles. The zero-order chi connectivity index (χ0) is 11.8. The molecule has 1 aromatic carbocycles. The average molecular weight is 229 g/mol. The van der Waals surface area contributed by atoms with Gasteiger partial charge in [-0.25, -0.2) is 8.91 Å². The molecule has 84 valence electrons. The highest BCUT2D eigenvalue weighted by molar-refractivity contribution is 5.65. The van der Waals surface area contributed by atoms with Crippen LogP contribution >= 0.6 is 0 Å². The predicted molar refractivity (Wildman–Crippen MR) is 61.2 cm³/mol. The first-order chi connectivity index (χ1) is 8.24. The fourth-order valence-electron chi connectivity index (χ4n) is 1.72. The topological polar surface area (TPSA) is 50.2 Å². The largest absolute Gasteiger partial charge is 0.326 e. The van der Waals surface area contributed by atoms with Crippen molar-refractivity contribution in [3.05, 3.63) is 58.9 Å². The molecule has 0 aliphatic heterocycles. The third kappa shape index (κ3) is 1.61. The van der Waals surface area contributed by atoms with E-state index in [1.54, 1.807) is 24.4 Å². The molecule has 0 spiro atoms. The number of nitrogens with one attached hydrogen (secondary N) is 1. The molecule has 0 bridgehead atoms. The lowest BCUT2D eigenvalue weighted by Crippen LogP contribution is -2.07. The number of hydrogen-bond acceptors (Lipinski definition) is 2. The van der Waals surface area contributed by atoms with Crippen molar-refractivity contribution in [1.82, 2.24) is 14.6 Å². The van der Waals surface area contributed by atoms with E-state index < -0.39 is 0 Å². The zero-order valence-electron chi connectivity index (χ0n) is 8.72. The standard InChI is InChI=1S/C12H8FN3O/c13-9-3-1-2-8(6-9)10-7-11-12(17)14-4-5-16(11)15-10/h1-7H,(H,14,17). The molecule has 0 unspecified atom stereocenters. The number of halogens is 1. The van der Waals surface area contributed by atoms with E-state index in [2.05, 4.69) is 10.1 Å². The van der Waals surface area contributed by atoms with Gasteiger partial charge in [-0.15, -0.1) is 0 Å². The maximum absolute atomic E-state index is 13.1. The highest BCUT2D eigenvalue weighted by Gasteiger charge is 2.06. The van der Waals surface area contributed by atoms with Crippen molar-refractivity contribution in [2.75, 3.05) is 0 Å². The van der Waals surface area contributed by atoms with Gasteiger partial charge in [0.1, 0.15) is 11.3 Å². The Morgan fingerprint density at radius 2 is 2.18 bits per heavy atom. The van der Waals surface area contributed by atoms with Gasteiger partial charge in [0.2, 0.25) is 0 Å². The first-order valence-electron chi connectivity index (χ1n) is 5.07. The smallest absolute Gasteiger partial charge is 0.273 e. The molecule has 2 aromatic heterocycles. The molecule has 3 aromatic rings. The van der Waals surface area contributed by atoms with E-state index in [1.807, 2.05) is 0 Å². The molecule has 0 amide bonds. The molecule has 0 aliphatic rings. The number of aromatic amines is 1. The first kappa shape index (κ1) is 9.77. The van der Waals surface area contributed by atoms with Crippen LogP contribution in [0.1, 0.15) is 0 Å². The van der Waals surface area contributed by atoms with Crippen molar-refractivity contribution < 1.29 is 4.39 Å². The van der Waals surface area contributed by atoms with E-state index in [0.717, 1.165) is 0 Å². The van der Waals surface area contributed by atoms with Gasteiger partial charge in [-0.2, -0.15) is 5.10 Å². The second-order valence-corrected chi connectivity index (χ2v) is 3.66. The van der Waals surface area contributed by atoms with Crippen LogP contribution in [0.25, 0.3) is 16.8 Å². The minimum Gasteiger partial charge on any atom is -0.326 e. The molecule has 0 fully saturated rings. The summed E-state index contributed by atoms with van der Waals surface area (Å²) >= 11 is 0. The van der Waals surface area contributed by atoms with Crippen LogP contribution in [0.2, 0.25) is 0 Å². The molecule has 2 heterocycles. The number of hydrogen-bond donors (Lipinski definition) is 1. The second-order valence-electron chi connectivity index (χ2n) is 3.66. The molecule has 1 N–H and O–H groups in total. The second kappa shape index (κ2) is 3.55. The van der Waals surface area contributed by atoms with Crippen LogP contribution in [0.4, 0.5) is 4.39 Å². The van der Waals surface area contributed by atoms with E-state index >= 15 is 0 Å². The summed E-state index contributed by atoms with van der Waals surface area (Å²) in [6.07, 6.45) is 3.15. The SMILES string of the molecule is O=c1[nH]ccn2nc(-c3cccc(F)c3)cc12. The van der Waals surface area contributed by atoms with Crippen molar-refractivity contribution in [2.45, 2.75) is 0 Å². The number of nitrogens with zero attached hydrogens (tertiary/aromatic N) is 2. The Kier molecular flexibility index (Phi) is 2.04. The van der Waals surface area contributed by atoms with Crippen LogP contribution in [0.3, 0.4) is 0 Å². The van der Waals surface area contributed by atoms with Crippen molar-refractivity contribution in [2.24, 2.45) is 0 Å². The molecule has 5 heteroatoms. The summed E-state index contributed by atoms with van der Waals surface area (Å²) in [5.41, 5.74) is 1.43. The van der Waals surface area contributed by atoms with Gasteiger partial charge in [-0.3, -0.25) is 4.79 Å². The Bertz CT molecular complexity index is 745. The lowest BCUT2D eigenvalue weighted by Gasteiger charge is -1.94. The summed E-state index contributed by atoms with van der Waals surface area (Å²) < 4.78 is 14.6. The quantitative estimate of drug-likeness (QED) is 0.692. The minimum absolute atomic E-state index is 0.220. The molecule has 0 atom stereocenters. The fraction of sp³-hybridized carbons (Fsp3) is 0. The fourth-order valence-corrected chi connectivity index (χ4v) is 1.72. The molecular formula is C12H8FN3O. The Morgan fingerprint density at radius 3 is 2.94 bits per heavy atom. The summed E-state index contributed by atoms with van der Waals surface area (Å²) in [4.78, 5) is 14.1. The van der Waals surface area contributed by atoms with Crippen molar-refractivity contribution >= 4 is 5.52 Å². The lowest BCUT2D eigenvalue weighted by molar-refractivity contribution is 0.628. The number of H-pyrrole nitrogens is 1. The monoisotopic (exact) mass is 229 g/mol. The summed E-state index contributed by atoms with van der Waals surface area (Å²) in [6, 6.07) is 7.74. The van der Waals surface area contributed by atoms with Gasteiger partial charge in [0.05, 0.1) is 5.69 Å². The lowest BCUT2D eigenvalue weighted by atomic mass is 10.1. The van der Waals surface area contributed by atoms with E-state index in [9.17, 15) is 9.18 Å². The normalized spacial score (nSPS) is 10.9. The molecule has 4 nitrogen and oxygen atoms in total. The van der Waals surface area contributed by atoms with Gasteiger partial charge in [0.25, 0.3) is 5.56 Å². The van der Waals surface area contributed by atoms with Crippen LogP contribution in [0.15, 0.2) is 47.5 Å². The number of fused-ring (bicyclic) bond motifs is 1. The highest BCUT2D eigenvalue weighted by Crippen LogP contribution is 2.18. The van der Waals surface area contributed by atoms with Gasteiger partial charge >= 0.3 is 0 Å². The Morgan fingerprint density at radius 1 is 1.29 bits per heavy atom. The third-order valence-electron chi connectivity index (χ3n) is 2.52. The first-order valence-corrected chi connectivity index (χ1v) is 5.07. The maximum Gasteiger partial charge on any atom is 0.273 e. The Balaban J connectivity index is 2.25. The van der Waals surface area contributed by atoms with E-state index in [-0.39, 0.29) is 11.4 Å². The summed E-state index contributed by atoms with van der Waals surface area (Å²) in [5, 5.41) is 4.21. The van der Waals surface area contributed by atoms with E-state index in [1.165, 1.54) is 22.8 Å². The Hall–Kier alpha value is -2.43. The van der Waals surface area contributed by atoms with Gasteiger partial charge in [0.15, 0.2) is 0 Å². The predicted octanol–water partition coefficient (Wildman–Crippen LogP) is 1.83. The third-order valence-corrected chi connectivity index (χ3v) is 2.52. The Labute approximate surface area is 95.3 Å². The van der Waals surface area contributed by atoms with Gasteiger partial charge < -0.3 is 4.98 Å². The number of aromatic nitrogens is 3. The van der Waals surface area contributed by atoms with Gasteiger partial charge in [0, 0.05) is 18.0 Å². The summed E-state index contributed by atoms with van der Waals surface area (Å²) in [7, 11) is 0. The van der Waals surface area contributed by atoms with Crippen LogP contribution in [0, 0.1) is 5.82 Å². The van der Waals surface area contributed by atoms with Gasteiger partial charge in [-0.05, 0) is 18.2 Å². The van der Waals surface area contributed by atoms with Crippen LogP contribution in [-0.4, -0.2) is 14.6 Å². The van der Waals surface area contributed by atoms with Crippen molar-refractivity contribution in [3.8, 4) is 11.3 Å². The molecular weight excluding hydrogens is 221 g/mol. The zero-order valence-corrected chi connectivity index (χ0v) is 8.72. The molecule has 0 saturated heterocycles. The van der Waals surface area contributed by atoms with Crippen molar-refractivity contribution in [1.29, 1.82) is 0 Å². The molecule has 0 aliphatic carbocycles. The molecule has 17 heavy (non-hydrogen) atoms. The van der Waals surface area contributed by atoms with Gasteiger partial charge in [-0.1, -0.05) is 12.1 Å². The number of rotatable bonds is 1. The van der Waals surface area contributed by atoms with Crippen LogP contribution in [-0.2, 0) is 0 Å².